The number of rotatable bonds is 6. The lowest BCUT2D eigenvalue weighted by Gasteiger charge is -2.10. The molecule has 9 heteroatoms. The molecule has 124 valence electrons. The number of halogens is 2. The second-order valence-corrected chi connectivity index (χ2v) is 4.81. The van der Waals surface area contributed by atoms with Crippen molar-refractivity contribution in [1.82, 2.24) is 9.78 Å². The quantitative estimate of drug-likeness (QED) is 0.652. The molecule has 0 fully saturated rings. The number of methoxy groups -OCH3 is 1. The number of nitro groups is 1. The number of anilines is 1. The number of non-ortho nitro benzene ring substituents is 1. The maximum absolute atomic E-state index is 13.9. The first kappa shape index (κ1) is 16.7. The highest BCUT2D eigenvalue weighted by Crippen LogP contribution is 2.27. The molecule has 0 bridgehead atoms. The van der Waals surface area contributed by atoms with Crippen LogP contribution in [-0.4, -0.2) is 21.8 Å². The highest BCUT2D eigenvalue weighted by molar-refractivity contribution is 5.52. The summed E-state index contributed by atoms with van der Waals surface area (Å²) < 4.78 is 34.6. The fraction of sp³-hybridized carbons (Fsp3) is 0.357. The van der Waals surface area contributed by atoms with Gasteiger partial charge < -0.3 is 10.1 Å². The number of ether oxygens (including phenoxy) is 1. The molecule has 0 spiro atoms. The number of nitrogens with zero attached hydrogens (tertiary/aromatic N) is 3. The topological polar surface area (TPSA) is 82.2 Å². The summed E-state index contributed by atoms with van der Waals surface area (Å²) >= 11 is 0. The van der Waals surface area contributed by atoms with E-state index in [9.17, 15) is 18.9 Å². The van der Waals surface area contributed by atoms with E-state index in [0.717, 1.165) is 5.69 Å². The van der Waals surface area contributed by atoms with Gasteiger partial charge in [-0.1, -0.05) is 6.92 Å². The first-order valence-electron chi connectivity index (χ1n) is 6.85. The van der Waals surface area contributed by atoms with Crippen LogP contribution in [0.5, 0.6) is 5.88 Å². The molecule has 1 aromatic carbocycles. The van der Waals surface area contributed by atoms with Gasteiger partial charge in [0.1, 0.15) is 5.69 Å². The van der Waals surface area contributed by atoms with Crippen LogP contribution in [0, 0.1) is 21.7 Å². The van der Waals surface area contributed by atoms with E-state index in [4.69, 9.17) is 4.74 Å². The van der Waals surface area contributed by atoms with Crippen molar-refractivity contribution in [2.75, 3.05) is 12.4 Å². The highest BCUT2D eigenvalue weighted by Gasteiger charge is 2.19. The van der Waals surface area contributed by atoms with E-state index < -0.39 is 27.9 Å². The normalized spacial score (nSPS) is 10.7. The van der Waals surface area contributed by atoms with Gasteiger partial charge in [0.2, 0.25) is 5.88 Å². The predicted molar refractivity (Wildman–Crippen MR) is 79.5 cm³/mol. The Kier molecular flexibility index (Phi) is 4.77. The summed E-state index contributed by atoms with van der Waals surface area (Å²) in [6, 6.07) is 1.35. The summed E-state index contributed by atoms with van der Waals surface area (Å²) in [6.45, 7) is 1.98. The Morgan fingerprint density at radius 3 is 2.48 bits per heavy atom. The molecular formula is C14H16F2N4O3. The molecule has 1 aromatic heterocycles. The van der Waals surface area contributed by atoms with Crippen LogP contribution in [-0.2, 0) is 20.0 Å². The number of aromatic nitrogens is 2. The zero-order valence-electron chi connectivity index (χ0n) is 12.9. The number of hydrogen-bond donors (Lipinski definition) is 1. The Hall–Kier alpha value is -2.71. The molecule has 7 nitrogen and oxygen atoms in total. The van der Waals surface area contributed by atoms with Gasteiger partial charge in [0.15, 0.2) is 11.6 Å². The fourth-order valence-corrected chi connectivity index (χ4v) is 2.33. The van der Waals surface area contributed by atoms with Gasteiger partial charge in [0.25, 0.3) is 5.69 Å². The van der Waals surface area contributed by atoms with E-state index in [2.05, 4.69) is 10.4 Å². The Morgan fingerprint density at radius 1 is 1.39 bits per heavy atom. The van der Waals surface area contributed by atoms with Crippen LogP contribution in [0.1, 0.15) is 18.2 Å². The third-order valence-electron chi connectivity index (χ3n) is 3.38. The molecule has 0 atom stereocenters. The molecule has 0 radical (unpaired) electrons. The largest absolute Gasteiger partial charge is 0.481 e. The van der Waals surface area contributed by atoms with Crippen LogP contribution in [0.3, 0.4) is 0 Å². The molecule has 2 aromatic rings. The third kappa shape index (κ3) is 3.22. The zero-order chi connectivity index (χ0) is 17.1. The number of nitrogens with one attached hydrogen (secondary N) is 1. The molecule has 1 heterocycles. The third-order valence-corrected chi connectivity index (χ3v) is 3.38. The Morgan fingerprint density at radius 2 is 2.00 bits per heavy atom. The van der Waals surface area contributed by atoms with Crippen LogP contribution in [0.25, 0.3) is 0 Å². The lowest BCUT2D eigenvalue weighted by Crippen LogP contribution is -2.07. The predicted octanol–water partition coefficient (Wildman–Crippen LogP) is 2.79. The first-order valence-corrected chi connectivity index (χ1v) is 6.85. The molecule has 1 N–H and O–H groups in total. The highest BCUT2D eigenvalue weighted by atomic mass is 19.1. The molecule has 0 aliphatic rings. The summed E-state index contributed by atoms with van der Waals surface area (Å²) in [5.74, 6) is -1.58. The van der Waals surface area contributed by atoms with Crippen molar-refractivity contribution in [3.63, 3.8) is 0 Å². The summed E-state index contributed by atoms with van der Waals surface area (Å²) in [4.78, 5) is 9.74. The second kappa shape index (κ2) is 6.59. The minimum atomic E-state index is -1.03. The van der Waals surface area contributed by atoms with Gasteiger partial charge in [-0.2, -0.15) is 5.10 Å². The molecule has 0 saturated carbocycles. The number of aryl methyl sites for hydroxylation is 2. The van der Waals surface area contributed by atoms with E-state index in [1.807, 2.05) is 6.92 Å². The van der Waals surface area contributed by atoms with E-state index in [1.165, 1.54) is 7.11 Å². The molecule has 0 amide bonds. The molecule has 0 unspecified atom stereocenters. The standard InChI is InChI=1S/C14H16F2N4O3/c1-4-12-9(14(23-3)19(2)18-12)7-17-13-10(15)5-8(20(21)22)6-11(13)16/h5-6,17H,4,7H2,1-3H3. The van der Waals surface area contributed by atoms with Crippen molar-refractivity contribution in [2.24, 2.45) is 7.05 Å². The molecule has 0 aliphatic heterocycles. The SMILES string of the molecule is CCc1nn(C)c(OC)c1CNc1c(F)cc([N+](=O)[O-])cc1F. The first-order chi connectivity index (χ1) is 10.9. The lowest BCUT2D eigenvalue weighted by atomic mass is 10.2. The van der Waals surface area contributed by atoms with Crippen molar-refractivity contribution < 1.29 is 18.4 Å². The fourth-order valence-electron chi connectivity index (χ4n) is 2.33. The summed E-state index contributed by atoms with van der Waals surface area (Å²) in [7, 11) is 3.18. The minimum Gasteiger partial charge on any atom is -0.481 e. The molecular weight excluding hydrogens is 310 g/mol. The number of hydrogen-bond acceptors (Lipinski definition) is 5. The zero-order valence-corrected chi connectivity index (χ0v) is 12.9. The van der Waals surface area contributed by atoms with Gasteiger partial charge in [-0.15, -0.1) is 0 Å². The minimum absolute atomic E-state index is 0.0752. The average molecular weight is 326 g/mol. The van der Waals surface area contributed by atoms with E-state index in [1.54, 1.807) is 11.7 Å². The Balaban J connectivity index is 2.30. The van der Waals surface area contributed by atoms with E-state index in [0.29, 0.717) is 30.0 Å². The van der Waals surface area contributed by atoms with Gasteiger partial charge in [0.05, 0.1) is 35.4 Å². The van der Waals surface area contributed by atoms with Crippen LogP contribution in [0.4, 0.5) is 20.2 Å². The van der Waals surface area contributed by atoms with Crippen LogP contribution >= 0.6 is 0 Å². The Labute approximate surface area is 131 Å². The second-order valence-electron chi connectivity index (χ2n) is 4.81. The van der Waals surface area contributed by atoms with Gasteiger partial charge in [0, 0.05) is 13.6 Å². The summed E-state index contributed by atoms with van der Waals surface area (Å²) in [6.07, 6.45) is 0.624. The van der Waals surface area contributed by atoms with E-state index in [-0.39, 0.29) is 6.54 Å². The molecule has 23 heavy (non-hydrogen) atoms. The summed E-state index contributed by atoms with van der Waals surface area (Å²) in [5.41, 5.74) is 0.344. The van der Waals surface area contributed by atoms with Crippen LogP contribution < -0.4 is 10.1 Å². The number of nitro benzene ring substituents is 1. The lowest BCUT2D eigenvalue weighted by molar-refractivity contribution is -0.385. The molecule has 0 aliphatic carbocycles. The maximum Gasteiger partial charge on any atom is 0.275 e. The summed E-state index contributed by atoms with van der Waals surface area (Å²) in [5, 5.41) is 17.5. The van der Waals surface area contributed by atoms with Crippen molar-refractivity contribution >= 4 is 11.4 Å². The van der Waals surface area contributed by atoms with Gasteiger partial charge >= 0.3 is 0 Å². The van der Waals surface area contributed by atoms with Crippen molar-refractivity contribution in [3.8, 4) is 5.88 Å². The monoisotopic (exact) mass is 326 g/mol. The van der Waals surface area contributed by atoms with Gasteiger partial charge in [-0.3, -0.25) is 10.1 Å². The average Bonchev–Trinajstić information content (AvgIpc) is 2.81. The molecule has 2 rings (SSSR count). The van der Waals surface area contributed by atoms with E-state index >= 15 is 0 Å². The Bertz CT molecular complexity index is 723. The van der Waals surface area contributed by atoms with Crippen molar-refractivity contribution in [3.05, 3.63) is 45.1 Å². The van der Waals surface area contributed by atoms with Gasteiger partial charge in [-0.05, 0) is 6.42 Å². The van der Waals surface area contributed by atoms with Crippen molar-refractivity contribution in [2.45, 2.75) is 19.9 Å². The van der Waals surface area contributed by atoms with Crippen molar-refractivity contribution in [1.29, 1.82) is 0 Å². The smallest absolute Gasteiger partial charge is 0.275 e. The van der Waals surface area contributed by atoms with Crippen LogP contribution in [0.2, 0.25) is 0 Å². The molecule has 0 saturated heterocycles. The van der Waals surface area contributed by atoms with Crippen LogP contribution in [0.15, 0.2) is 12.1 Å². The maximum atomic E-state index is 13.9. The van der Waals surface area contributed by atoms with Gasteiger partial charge in [-0.25, -0.2) is 13.5 Å². The number of benzene rings is 1.